The summed E-state index contributed by atoms with van der Waals surface area (Å²) >= 11 is 1.40. The highest BCUT2D eigenvalue weighted by atomic mass is 32.1. The third-order valence-corrected chi connectivity index (χ3v) is 6.17. The summed E-state index contributed by atoms with van der Waals surface area (Å²) in [6.07, 6.45) is 0. The summed E-state index contributed by atoms with van der Waals surface area (Å²) in [7, 11) is 3.10. The van der Waals surface area contributed by atoms with E-state index < -0.39 is 6.04 Å². The van der Waals surface area contributed by atoms with E-state index in [1.165, 1.54) is 28.0 Å². The number of amides is 2. The fourth-order valence-electron chi connectivity index (χ4n) is 3.68. The van der Waals surface area contributed by atoms with Crippen molar-refractivity contribution < 1.29 is 19.1 Å². The molecule has 0 spiro atoms. The first-order valence-electron chi connectivity index (χ1n) is 10.7. The number of anilines is 1. The van der Waals surface area contributed by atoms with Crippen molar-refractivity contribution in [2.75, 3.05) is 32.3 Å². The van der Waals surface area contributed by atoms with E-state index in [9.17, 15) is 9.59 Å². The number of fused-ring (bicyclic) bond motifs is 1. The van der Waals surface area contributed by atoms with Gasteiger partial charge >= 0.3 is 0 Å². The topological polar surface area (TPSA) is 98.6 Å². The minimum absolute atomic E-state index is 0.105. The van der Waals surface area contributed by atoms with Crippen molar-refractivity contribution in [3.63, 3.8) is 0 Å². The molecule has 2 aromatic heterocycles. The highest BCUT2D eigenvalue weighted by molar-refractivity contribution is 7.10. The average Bonchev–Trinajstić information content (AvgIpc) is 3.53. The Balaban J connectivity index is 1.77. The Morgan fingerprint density at radius 1 is 1.09 bits per heavy atom. The van der Waals surface area contributed by atoms with E-state index in [0.29, 0.717) is 30.1 Å². The number of hydrogen-bond acceptors (Lipinski definition) is 7. The molecule has 9 nitrogen and oxygen atoms in total. The van der Waals surface area contributed by atoms with Gasteiger partial charge in [-0.2, -0.15) is 0 Å². The summed E-state index contributed by atoms with van der Waals surface area (Å²) in [5.41, 5.74) is 1.90. The zero-order valence-corrected chi connectivity index (χ0v) is 19.7. The molecule has 4 aromatic rings. The molecule has 4 rings (SSSR count). The Hall–Kier alpha value is -3.76. The fourth-order valence-corrected chi connectivity index (χ4v) is 4.49. The molecule has 0 saturated heterocycles. The van der Waals surface area contributed by atoms with Gasteiger partial charge in [-0.25, -0.2) is 4.68 Å². The van der Waals surface area contributed by atoms with Crippen LogP contribution in [0, 0.1) is 0 Å². The van der Waals surface area contributed by atoms with Crippen molar-refractivity contribution in [3.8, 4) is 5.75 Å². The number of para-hydroxylation sites is 3. The van der Waals surface area contributed by atoms with Gasteiger partial charge in [0.25, 0.3) is 0 Å². The maximum Gasteiger partial charge on any atom is 0.249 e. The zero-order chi connectivity index (χ0) is 23.9. The first-order chi connectivity index (χ1) is 16.6. The van der Waals surface area contributed by atoms with Gasteiger partial charge in [-0.3, -0.25) is 14.5 Å². The molecule has 1 N–H and O–H groups in total. The van der Waals surface area contributed by atoms with Crippen molar-refractivity contribution in [1.82, 2.24) is 20.3 Å². The Morgan fingerprint density at radius 2 is 1.88 bits per heavy atom. The smallest absolute Gasteiger partial charge is 0.249 e. The van der Waals surface area contributed by atoms with Crippen LogP contribution in [0.3, 0.4) is 0 Å². The number of nitrogens with one attached hydrogen (secondary N) is 1. The Morgan fingerprint density at radius 3 is 2.65 bits per heavy atom. The van der Waals surface area contributed by atoms with Gasteiger partial charge in [0.15, 0.2) is 0 Å². The third-order valence-electron chi connectivity index (χ3n) is 5.24. The first-order valence-corrected chi connectivity index (χ1v) is 11.6. The SMILES string of the molecule is COCCNC(=O)C(c1cccs1)N(C(=O)Cn1nnc2ccccc21)c1ccccc1OC. The Labute approximate surface area is 200 Å². The zero-order valence-electron chi connectivity index (χ0n) is 18.9. The van der Waals surface area contributed by atoms with Gasteiger partial charge in [0.05, 0.1) is 24.9 Å². The largest absolute Gasteiger partial charge is 0.495 e. The maximum atomic E-state index is 13.9. The average molecular weight is 480 g/mol. The minimum Gasteiger partial charge on any atom is -0.495 e. The molecule has 2 amide bonds. The van der Waals surface area contributed by atoms with E-state index in [4.69, 9.17) is 9.47 Å². The van der Waals surface area contributed by atoms with Gasteiger partial charge in [0.1, 0.15) is 23.9 Å². The van der Waals surface area contributed by atoms with Crippen LogP contribution in [0.5, 0.6) is 5.75 Å². The molecular weight excluding hydrogens is 454 g/mol. The molecule has 0 aliphatic heterocycles. The first kappa shape index (κ1) is 23.4. The number of aromatic nitrogens is 3. The van der Waals surface area contributed by atoms with Crippen LogP contribution < -0.4 is 15.0 Å². The van der Waals surface area contributed by atoms with Crippen LogP contribution in [0.4, 0.5) is 5.69 Å². The summed E-state index contributed by atoms with van der Waals surface area (Å²) in [6.45, 7) is 0.571. The van der Waals surface area contributed by atoms with Gasteiger partial charge in [0.2, 0.25) is 11.8 Å². The van der Waals surface area contributed by atoms with E-state index in [1.54, 1.807) is 25.3 Å². The monoisotopic (exact) mass is 479 g/mol. The predicted octanol–water partition coefficient (Wildman–Crippen LogP) is 3.04. The van der Waals surface area contributed by atoms with Gasteiger partial charge in [-0.05, 0) is 35.7 Å². The molecule has 1 atom stereocenters. The molecule has 0 aliphatic carbocycles. The number of thiophene rings is 1. The lowest BCUT2D eigenvalue weighted by Gasteiger charge is -2.31. The van der Waals surface area contributed by atoms with Crippen LogP contribution in [0.2, 0.25) is 0 Å². The van der Waals surface area contributed by atoms with Crippen molar-refractivity contribution in [2.45, 2.75) is 12.6 Å². The van der Waals surface area contributed by atoms with Crippen LogP contribution in [-0.2, 0) is 20.9 Å². The minimum atomic E-state index is -0.907. The maximum absolute atomic E-state index is 13.9. The van der Waals surface area contributed by atoms with E-state index in [-0.39, 0.29) is 18.4 Å². The van der Waals surface area contributed by atoms with Crippen LogP contribution >= 0.6 is 11.3 Å². The predicted molar refractivity (Wildman–Crippen MR) is 130 cm³/mol. The number of carbonyl (C=O) groups excluding carboxylic acids is 2. The third kappa shape index (κ3) is 4.92. The summed E-state index contributed by atoms with van der Waals surface area (Å²) in [5, 5.41) is 13.1. The molecule has 2 aromatic carbocycles. The molecular formula is C24H25N5O4S. The molecule has 0 radical (unpaired) electrons. The molecule has 0 aliphatic rings. The molecule has 2 heterocycles. The summed E-state index contributed by atoms with van der Waals surface area (Å²) in [6, 6.07) is 17.3. The summed E-state index contributed by atoms with van der Waals surface area (Å²) < 4.78 is 12.2. The molecule has 0 bridgehead atoms. The standard InChI is InChI=1S/C24H25N5O4S/c1-32-14-13-25-24(31)23(21-12-7-15-34-21)29(19-10-5-6-11-20(19)33-2)22(30)16-28-18-9-4-3-8-17(18)26-27-28/h3-12,15,23H,13-14,16H2,1-2H3,(H,25,31). The van der Waals surface area contributed by atoms with Gasteiger partial charge < -0.3 is 14.8 Å². The van der Waals surface area contributed by atoms with Crippen molar-refractivity contribution in [1.29, 1.82) is 0 Å². The molecule has 0 fully saturated rings. The number of carbonyl (C=O) groups is 2. The van der Waals surface area contributed by atoms with Crippen LogP contribution in [0.25, 0.3) is 11.0 Å². The highest BCUT2D eigenvalue weighted by Crippen LogP contribution is 2.36. The van der Waals surface area contributed by atoms with E-state index in [2.05, 4.69) is 15.6 Å². The van der Waals surface area contributed by atoms with Gasteiger partial charge in [-0.15, -0.1) is 16.4 Å². The number of ether oxygens (including phenoxy) is 2. The fraction of sp³-hybridized carbons (Fsp3) is 0.250. The number of nitrogens with zero attached hydrogens (tertiary/aromatic N) is 4. The van der Waals surface area contributed by atoms with Gasteiger partial charge in [0, 0.05) is 18.5 Å². The van der Waals surface area contributed by atoms with E-state index in [0.717, 1.165) is 10.4 Å². The Bertz CT molecular complexity index is 1260. The normalized spacial score (nSPS) is 11.8. The highest BCUT2D eigenvalue weighted by Gasteiger charge is 2.35. The second-order valence-corrected chi connectivity index (χ2v) is 8.35. The molecule has 34 heavy (non-hydrogen) atoms. The second-order valence-electron chi connectivity index (χ2n) is 7.37. The lowest BCUT2D eigenvalue weighted by atomic mass is 10.1. The van der Waals surface area contributed by atoms with Crippen molar-refractivity contribution in [3.05, 3.63) is 70.9 Å². The van der Waals surface area contributed by atoms with Crippen LogP contribution in [0.1, 0.15) is 10.9 Å². The number of hydrogen-bond donors (Lipinski definition) is 1. The summed E-state index contributed by atoms with van der Waals surface area (Å²) in [5.74, 6) is -0.173. The number of methoxy groups -OCH3 is 2. The van der Waals surface area contributed by atoms with Gasteiger partial charge in [-0.1, -0.05) is 35.5 Å². The lowest BCUT2D eigenvalue weighted by Crippen LogP contribution is -2.45. The number of rotatable bonds is 10. The second kappa shape index (κ2) is 10.9. The van der Waals surface area contributed by atoms with Crippen molar-refractivity contribution >= 4 is 39.9 Å². The summed E-state index contributed by atoms with van der Waals surface area (Å²) in [4.78, 5) is 29.5. The molecule has 10 heteroatoms. The number of benzene rings is 2. The molecule has 176 valence electrons. The molecule has 1 unspecified atom stereocenters. The Kier molecular flexibility index (Phi) is 7.51. The van der Waals surface area contributed by atoms with E-state index >= 15 is 0 Å². The molecule has 0 saturated carbocycles. The van der Waals surface area contributed by atoms with Crippen molar-refractivity contribution in [2.24, 2.45) is 0 Å². The van der Waals surface area contributed by atoms with Crippen LogP contribution in [-0.4, -0.2) is 54.2 Å². The quantitative estimate of drug-likeness (QED) is 0.351. The lowest BCUT2D eigenvalue weighted by molar-refractivity contribution is -0.127. The van der Waals surface area contributed by atoms with Crippen LogP contribution in [0.15, 0.2) is 66.0 Å². The van der Waals surface area contributed by atoms with E-state index in [1.807, 2.05) is 47.8 Å².